The highest BCUT2D eigenvalue weighted by atomic mass is 19.1. The van der Waals surface area contributed by atoms with Crippen LogP contribution in [0.25, 0.3) is 5.65 Å². The molecule has 0 radical (unpaired) electrons. The van der Waals surface area contributed by atoms with Gasteiger partial charge in [0.15, 0.2) is 5.65 Å². The van der Waals surface area contributed by atoms with Crippen molar-refractivity contribution < 1.29 is 9.13 Å². The van der Waals surface area contributed by atoms with E-state index in [4.69, 9.17) is 4.74 Å². The van der Waals surface area contributed by atoms with Crippen LogP contribution in [0.5, 0.6) is 5.75 Å². The summed E-state index contributed by atoms with van der Waals surface area (Å²) < 4.78 is 21.4. The first-order valence-electron chi connectivity index (χ1n) is 9.75. The average Bonchev–Trinajstić information content (AvgIpc) is 3.39. The molecule has 28 heavy (non-hydrogen) atoms. The van der Waals surface area contributed by atoms with Gasteiger partial charge in [0.1, 0.15) is 23.5 Å². The van der Waals surface area contributed by atoms with Crippen LogP contribution >= 0.6 is 0 Å². The predicted octanol–water partition coefficient (Wildman–Crippen LogP) is 4.13. The lowest BCUT2D eigenvalue weighted by Gasteiger charge is -2.42. The standard InChI is InChI=1S/C22H21FN4O/c1-14-19(8-9-27-20(10-15-2-3-15)25-26-21(14)27)28-18-11-22(12-18,13-24)16-4-6-17(23)7-5-16/h4-9,15,18H,2-3,10-12H2,1H3/t18-,22-. The van der Waals surface area contributed by atoms with E-state index in [0.29, 0.717) is 12.8 Å². The smallest absolute Gasteiger partial charge is 0.167 e. The van der Waals surface area contributed by atoms with E-state index in [1.54, 1.807) is 12.1 Å². The Balaban J connectivity index is 1.33. The summed E-state index contributed by atoms with van der Waals surface area (Å²) in [4.78, 5) is 0. The molecule has 2 saturated carbocycles. The number of rotatable bonds is 5. The van der Waals surface area contributed by atoms with E-state index in [9.17, 15) is 9.65 Å². The second kappa shape index (κ2) is 6.30. The van der Waals surface area contributed by atoms with Crippen LogP contribution < -0.4 is 4.74 Å². The molecule has 6 heteroatoms. The van der Waals surface area contributed by atoms with Crippen molar-refractivity contribution in [2.45, 2.75) is 50.5 Å². The predicted molar refractivity (Wildman–Crippen MR) is 101 cm³/mol. The van der Waals surface area contributed by atoms with E-state index in [1.807, 2.05) is 19.2 Å². The van der Waals surface area contributed by atoms with Gasteiger partial charge in [0.2, 0.25) is 0 Å². The van der Waals surface area contributed by atoms with Crippen LogP contribution in [0.1, 0.15) is 42.6 Å². The molecular formula is C22H21FN4O. The van der Waals surface area contributed by atoms with Gasteiger partial charge >= 0.3 is 0 Å². The van der Waals surface area contributed by atoms with E-state index in [0.717, 1.165) is 40.7 Å². The largest absolute Gasteiger partial charge is 0.490 e. The first kappa shape index (κ1) is 17.2. The molecule has 3 aromatic rings. The van der Waals surface area contributed by atoms with E-state index in [-0.39, 0.29) is 11.9 Å². The molecule has 1 aromatic carbocycles. The zero-order valence-corrected chi connectivity index (χ0v) is 15.7. The highest BCUT2D eigenvalue weighted by molar-refractivity contribution is 5.54. The van der Waals surface area contributed by atoms with Crippen LogP contribution in [0.4, 0.5) is 4.39 Å². The third-order valence-corrected chi connectivity index (χ3v) is 6.07. The van der Waals surface area contributed by atoms with Gasteiger partial charge in [0.05, 0.1) is 11.5 Å². The Labute approximate surface area is 162 Å². The number of halogens is 1. The number of benzene rings is 1. The Kier molecular flexibility index (Phi) is 3.87. The fourth-order valence-electron chi connectivity index (χ4n) is 4.10. The number of fused-ring (bicyclic) bond motifs is 1. The van der Waals surface area contributed by atoms with Crippen molar-refractivity contribution in [3.8, 4) is 11.8 Å². The normalized spacial score (nSPS) is 24.0. The molecule has 2 heterocycles. The van der Waals surface area contributed by atoms with Gasteiger partial charge in [0.25, 0.3) is 0 Å². The second-order valence-corrected chi connectivity index (χ2v) is 8.11. The van der Waals surface area contributed by atoms with E-state index in [2.05, 4.69) is 20.7 Å². The molecule has 5 nitrogen and oxygen atoms in total. The summed E-state index contributed by atoms with van der Waals surface area (Å²) in [6.45, 7) is 2.00. The summed E-state index contributed by atoms with van der Waals surface area (Å²) in [6.07, 6.45) is 6.67. The number of aryl methyl sites for hydroxylation is 1. The van der Waals surface area contributed by atoms with Gasteiger partial charge < -0.3 is 4.74 Å². The molecule has 0 amide bonds. The van der Waals surface area contributed by atoms with Gasteiger partial charge in [-0.2, -0.15) is 5.26 Å². The Morgan fingerprint density at radius 1 is 1.21 bits per heavy atom. The minimum absolute atomic E-state index is 0.0419. The molecule has 2 aliphatic carbocycles. The summed E-state index contributed by atoms with van der Waals surface area (Å²) >= 11 is 0. The van der Waals surface area contributed by atoms with Gasteiger partial charge in [-0.05, 0) is 49.4 Å². The van der Waals surface area contributed by atoms with Crippen LogP contribution in [0, 0.1) is 30.0 Å². The van der Waals surface area contributed by atoms with Gasteiger partial charge in [0, 0.05) is 31.0 Å². The Hall–Kier alpha value is -2.94. The molecule has 2 aromatic heterocycles. The molecule has 0 aliphatic heterocycles. The maximum atomic E-state index is 13.2. The molecule has 0 saturated heterocycles. The van der Waals surface area contributed by atoms with Crippen molar-refractivity contribution in [3.63, 3.8) is 0 Å². The summed E-state index contributed by atoms with van der Waals surface area (Å²) in [5.41, 5.74) is 2.05. The summed E-state index contributed by atoms with van der Waals surface area (Å²) in [6, 6.07) is 10.6. The van der Waals surface area contributed by atoms with Crippen LogP contribution in [-0.2, 0) is 11.8 Å². The van der Waals surface area contributed by atoms with Crippen molar-refractivity contribution in [1.82, 2.24) is 14.6 Å². The summed E-state index contributed by atoms with van der Waals surface area (Å²) in [5.74, 6) is 2.26. The third-order valence-electron chi connectivity index (χ3n) is 6.07. The van der Waals surface area contributed by atoms with E-state index < -0.39 is 5.41 Å². The number of hydrogen-bond acceptors (Lipinski definition) is 4. The molecule has 2 fully saturated rings. The van der Waals surface area contributed by atoms with Gasteiger partial charge in [-0.15, -0.1) is 10.2 Å². The number of hydrogen-bond donors (Lipinski definition) is 0. The molecule has 0 N–H and O–H groups in total. The zero-order chi connectivity index (χ0) is 19.3. The molecule has 0 unspecified atom stereocenters. The monoisotopic (exact) mass is 376 g/mol. The highest BCUT2D eigenvalue weighted by Gasteiger charge is 2.47. The van der Waals surface area contributed by atoms with Crippen molar-refractivity contribution in [1.29, 1.82) is 5.26 Å². The molecule has 0 spiro atoms. The summed E-state index contributed by atoms with van der Waals surface area (Å²) in [5, 5.41) is 18.4. The second-order valence-electron chi connectivity index (χ2n) is 8.11. The van der Waals surface area contributed by atoms with E-state index in [1.165, 1.54) is 25.0 Å². The Bertz CT molecular complexity index is 1070. The molecule has 142 valence electrons. The van der Waals surface area contributed by atoms with Gasteiger partial charge in [-0.25, -0.2) is 4.39 Å². The minimum atomic E-state index is -0.595. The topological polar surface area (TPSA) is 63.2 Å². The fourth-order valence-corrected chi connectivity index (χ4v) is 4.10. The van der Waals surface area contributed by atoms with Crippen LogP contribution in [-0.4, -0.2) is 20.7 Å². The van der Waals surface area contributed by atoms with Crippen molar-refractivity contribution in [2.75, 3.05) is 0 Å². The Morgan fingerprint density at radius 3 is 2.64 bits per heavy atom. The van der Waals surface area contributed by atoms with Crippen molar-refractivity contribution in [3.05, 3.63) is 59.3 Å². The van der Waals surface area contributed by atoms with Crippen LogP contribution in [0.3, 0.4) is 0 Å². The number of aromatic nitrogens is 3. The van der Waals surface area contributed by atoms with Crippen LogP contribution in [0.15, 0.2) is 36.5 Å². The Morgan fingerprint density at radius 2 is 1.96 bits per heavy atom. The lowest BCUT2D eigenvalue weighted by molar-refractivity contribution is 0.0662. The average molecular weight is 376 g/mol. The van der Waals surface area contributed by atoms with Gasteiger partial charge in [-0.1, -0.05) is 12.1 Å². The molecule has 0 atom stereocenters. The SMILES string of the molecule is Cc1c(O[C@H]2C[C@](C#N)(c3ccc(F)cc3)C2)ccn2c(CC3CC3)nnc12. The van der Waals surface area contributed by atoms with Crippen molar-refractivity contribution >= 4 is 5.65 Å². The maximum absolute atomic E-state index is 13.2. The number of nitriles is 1. The van der Waals surface area contributed by atoms with Gasteiger partial charge in [-0.3, -0.25) is 4.40 Å². The molecule has 5 rings (SSSR count). The third kappa shape index (κ3) is 2.82. The van der Waals surface area contributed by atoms with Crippen LogP contribution in [0.2, 0.25) is 0 Å². The zero-order valence-electron chi connectivity index (χ0n) is 15.7. The lowest BCUT2D eigenvalue weighted by atomic mass is 9.63. The number of nitrogens with zero attached hydrogens (tertiary/aromatic N) is 4. The first-order chi connectivity index (χ1) is 13.6. The summed E-state index contributed by atoms with van der Waals surface area (Å²) in [7, 11) is 0. The highest BCUT2D eigenvalue weighted by Crippen LogP contribution is 2.45. The first-order valence-corrected chi connectivity index (χ1v) is 9.75. The molecule has 0 bridgehead atoms. The molecule has 2 aliphatic rings. The van der Waals surface area contributed by atoms with E-state index >= 15 is 0 Å². The molecular weight excluding hydrogens is 355 g/mol. The number of pyridine rings is 1. The lowest BCUT2D eigenvalue weighted by Crippen LogP contribution is -2.46. The quantitative estimate of drug-likeness (QED) is 0.672. The number of ether oxygens (including phenoxy) is 1. The fraction of sp³-hybridized carbons (Fsp3) is 0.409. The van der Waals surface area contributed by atoms with Crippen molar-refractivity contribution in [2.24, 2.45) is 5.92 Å². The maximum Gasteiger partial charge on any atom is 0.167 e. The minimum Gasteiger partial charge on any atom is -0.490 e.